The van der Waals surface area contributed by atoms with Crippen molar-refractivity contribution >= 4 is 0 Å². The van der Waals surface area contributed by atoms with Gasteiger partial charge in [-0.05, 0) is 20.3 Å². The summed E-state index contributed by atoms with van der Waals surface area (Å²) in [7, 11) is 0. The predicted molar refractivity (Wildman–Crippen MR) is 55.0 cm³/mol. The molecule has 0 aromatic rings. The lowest BCUT2D eigenvalue weighted by Gasteiger charge is -2.59. The molecule has 0 saturated heterocycles. The summed E-state index contributed by atoms with van der Waals surface area (Å²) in [5.41, 5.74) is 0.00637. The Kier molecular flexibility index (Phi) is 3.56. The van der Waals surface area contributed by atoms with Crippen molar-refractivity contribution in [2.75, 3.05) is 19.8 Å². The smallest absolute Gasteiger partial charge is 0.178 e. The molecule has 0 amide bonds. The molecule has 0 aromatic heterocycles. The summed E-state index contributed by atoms with van der Waals surface area (Å²) in [4.78, 5) is 0. The van der Waals surface area contributed by atoms with Gasteiger partial charge in [-0.3, -0.25) is 0 Å². The molecule has 1 N–H and O–H groups in total. The van der Waals surface area contributed by atoms with E-state index in [9.17, 15) is 5.11 Å². The molecule has 1 aliphatic carbocycles. The van der Waals surface area contributed by atoms with Crippen LogP contribution < -0.4 is 0 Å². The molecule has 1 rings (SSSR count). The number of rotatable bonds is 5. The van der Waals surface area contributed by atoms with Gasteiger partial charge in [0, 0.05) is 24.5 Å². The highest BCUT2D eigenvalue weighted by atomic mass is 16.7. The van der Waals surface area contributed by atoms with Gasteiger partial charge >= 0.3 is 0 Å². The minimum atomic E-state index is -0.564. The molecule has 3 nitrogen and oxygen atoms in total. The van der Waals surface area contributed by atoms with E-state index in [0.717, 1.165) is 6.42 Å². The van der Waals surface area contributed by atoms with Gasteiger partial charge in [-0.2, -0.15) is 0 Å². The molecule has 3 heteroatoms. The summed E-state index contributed by atoms with van der Waals surface area (Å²) in [5, 5.41) is 9.25. The maximum Gasteiger partial charge on any atom is 0.178 e. The lowest BCUT2D eigenvalue weighted by Crippen LogP contribution is -2.65. The fraction of sp³-hybridized carbons (Fsp3) is 1.00. The molecule has 1 atom stereocenters. The normalized spacial score (nSPS) is 28.5. The second-order valence-corrected chi connectivity index (χ2v) is 4.50. The van der Waals surface area contributed by atoms with Crippen molar-refractivity contribution in [1.82, 2.24) is 0 Å². The SMILES string of the molecule is CCOC1(OCC)[C@H](CO)CC1(C)C. The molecule has 0 spiro atoms. The van der Waals surface area contributed by atoms with Gasteiger partial charge in [0.05, 0.1) is 6.61 Å². The Morgan fingerprint density at radius 2 is 1.71 bits per heavy atom. The summed E-state index contributed by atoms with van der Waals surface area (Å²) in [5.74, 6) is -0.442. The minimum absolute atomic E-state index is 0.00637. The molecule has 1 aliphatic rings. The number of ether oxygens (including phenoxy) is 2. The summed E-state index contributed by atoms with van der Waals surface area (Å²) in [6.45, 7) is 9.57. The molecule has 1 saturated carbocycles. The van der Waals surface area contributed by atoms with Crippen LogP contribution in [0.3, 0.4) is 0 Å². The Morgan fingerprint density at radius 1 is 1.21 bits per heavy atom. The van der Waals surface area contributed by atoms with Crippen LogP contribution in [0.1, 0.15) is 34.1 Å². The Morgan fingerprint density at radius 3 is 2.00 bits per heavy atom. The Hall–Kier alpha value is -0.120. The predicted octanol–water partition coefficient (Wildman–Crippen LogP) is 1.79. The van der Waals surface area contributed by atoms with Gasteiger partial charge in [-0.15, -0.1) is 0 Å². The van der Waals surface area contributed by atoms with Gasteiger partial charge in [-0.25, -0.2) is 0 Å². The van der Waals surface area contributed by atoms with Crippen molar-refractivity contribution in [3.05, 3.63) is 0 Å². The molecule has 84 valence electrons. The molecule has 0 heterocycles. The van der Waals surface area contributed by atoms with Crippen LogP contribution in [-0.4, -0.2) is 30.7 Å². The molecule has 0 radical (unpaired) electrons. The number of hydrogen-bond acceptors (Lipinski definition) is 3. The van der Waals surface area contributed by atoms with E-state index >= 15 is 0 Å². The van der Waals surface area contributed by atoms with E-state index in [1.807, 2.05) is 13.8 Å². The molecule has 0 unspecified atom stereocenters. The van der Waals surface area contributed by atoms with Crippen LogP contribution in [0.25, 0.3) is 0 Å². The van der Waals surface area contributed by atoms with Crippen molar-refractivity contribution in [3.63, 3.8) is 0 Å². The number of aliphatic hydroxyl groups is 1. The van der Waals surface area contributed by atoms with E-state index in [1.54, 1.807) is 0 Å². The van der Waals surface area contributed by atoms with E-state index in [4.69, 9.17) is 9.47 Å². The van der Waals surface area contributed by atoms with Gasteiger partial charge in [0.2, 0.25) is 0 Å². The summed E-state index contributed by atoms with van der Waals surface area (Å²) >= 11 is 0. The second-order valence-electron chi connectivity index (χ2n) is 4.50. The first-order valence-electron chi connectivity index (χ1n) is 5.42. The van der Waals surface area contributed by atoms with Crippen LogP contribution in [0.15, 0.2) is 0 Å². The van der Waals surface area contributed by atoms with Crippen molar-refractivity contribution in [3.8, 4) is 0 Å². The fourth-order valence-electron chi connectivity index (χ4n) is 2.60. The third-order valence-electron chi connectivity index (χ3n) is 3.18. The zero-order chi connectivity index (χ0) is 10.8. The first-order valence-corrected chi connectivity index (χ1v) is 5.42. The molecule has 14 heavy (non-hydrogen) atoms. The Balaban J connectivity index is 2.79. The largest absolute Gasteiger partial charge is 0.396 e. The standard InChI is InChI=1S/C11H22O3/c1-5-13-11(14-6-2)9(8-12)7-10(11,3)4/h9,12H,5-8H2,1-4H3/t9-/m0/s1. The van der Waals surface area contributed by atoms with E-state index in [0.29, 0.717) is 13.2 Å². The van der Waals surface area contributed by atoms with Crippen molar-refractivity contribution < 1.29 is 14.6 Å². The van der Waals surface area contributed by atoms with Gasteiger partial charge < -0.3 is 14.6 Å². The van der Waals surface area contributed by atoms with Crippen molar-refractivity contribution in [2.24, 2.45) is 11.3 Å². The van der Waals surface area contributed by atoms with E-state index < -0.39 is 5.79 Å². The Bertz CT molecular complexity index is 183. The Labute approximate surface area is 86.4 Å². The van der Waals surface area contributed by atoms with Crippen LogP contribution in [-0.2, 0) is 9.47 Å². The summed E-state index contributed by atoms with van der Waals surface area (Å²) in [6.07, 6.45) is 0.962. The quantitative estimate of drug-likeness (QED) is 0.691. The van der Waals surface area contributed by atoms with Crippen molar-refractivity contribution in [1.29, 1.82) is 0 Å². The first kappa shape index (κ1) is 12.0. The van der Waals surface area contributed by atoms with Gasteiger partial charge in [-0.1, -0.05) is 13.8 Å². The summed E-state index contributed by atoms with van der Waals surface area (Å²) in [6, 6.07) is 0. The topological polar surface area (TPSA) is 38.7 Å². The highest BCUT2D eigenvalue weighted by Crippen LogP contribution is 2.56. The zero-order valence-electron chi connectivity index (χ0n) is 9.67. The number of hydrogen-bond donors (Lipinski definition) is 1. The van der Waals surface area contributed by atoms with Crippen LogP contribution in [0.5, 0.6) is 0 Å². The third kappa shape index (κ3) is 1.58. The molecule has 0 aromatic carbocycles. The maximum atomic E-state index is 9.25. The van der Waals surface area contributed by atoms with Gasteiger partial charge in [0.1, 0.15) is 0 Å². The molecule has 1 fully saturated rings. The van der Waals surface area contributed by atoms with E-state index in [-0.39, 0.29) is 17.9 Å². The minimum Gasteiger partial charge on any atom is -0.396 e. The van der Waals surface area contributed by atoms with Gasteiger partial charge in [0.15, 0.2) is 5.79 Å². The van der Waals surface area contributed by atoms with E-state index in [1.165, 1.54) is 0 Å². The molecular formula is C11H22O3. The second kappa shape index (κ2) is 4.17. The third-order valence-corrected chi connectivity index (χ3v) is 3.18. The fourth-order valence-corrected chi connectivity index (χ4v) is 2.60. The average Bonchev–Trinajstić information content (AvgIpc) is 2.14. The van der Waals surface area contributed by atoms with Crippen LogP contribution in [0, 0.1) is 11.3 Å². The van der Waals surface area contributed by atoms with Crippen LogP contribution in [0.2, 0.25) is 0 Å². The van der Waals surface area contributed by atoms with E-state index in [2.05, 4.69) is 13.8 Å². The summed E-state index contributed by atoms with van der Waals surface area (Å²) < 4.78 is 11.5. The highest BCUT2D eigenvalue weighted by Gasteiger charge is 2.62. The van der Waals surface area contributed by atoms with Crippen LogP contribution in [0.4, 0.5) is 0 Å². The lowest BCUT2D eigenvalue weighted by molar-refractivity contribution is -0.376. The van der Waals surface area contributed by atoms with Crippen LogP contribution >= 0.6 is 0 Å². The monoisotopic (exact) mass is 202 g/mol. The van der Waals surface area contributed by atoms with Gasteiger partial charge in [0.25, 0.3) is 0 Å². The first-order chi connectivity index (χ1) is 6.54. The average molecular weight is 202 g/mol. The molecule has 0 bridgehead atoms. The maximum absolute atomic E-state index is 9.25. The lowest BCUT2D eigenvalue weighted by atomic mass is 9.58. The number of aliphatic hydroxyl groups excluding tert-OH is 1. The highest BCUT2D eigenvalue weighted by molar-refractivity contribution is 5.04. The molecule has 0 aliphatic heterocycles. The molecular weight excluding hydrogens is 180 g/mol. The zero-order valence-corrected chi connectivity index (χ0v) is 9.67. The van der Waals surface area contributed by atoms with Crippen molar-refractivity contribution in [2.45, 2.75) is 39.9 Å².